The van der Waals surface area contributed by atoms with Crippen molar-refractivity contribution < 1.29 is 18.4 Å². The molecule has 0 atom stereocenters. The SMILES string of the molecule is C#Cc1cc(Br)ccc1NC(=O)c1ccc(CP(=O)(OCC)OCC)cc1. The molecule has 1 amide bonds. The second kappa shape index (κ2) is 9.87. The van der Waals surface area contributed by atoms with Gasteiger partial charge in [-0.2, -0.15) is 0 Å². The molecule has 0 heterocycles. The van der Waals surface area contributed by atoms with Crippen LogP contribution in [0.5, 0.6) is 0 Å². The second-order valence-electron chi connectivity index (χ2n) is 5.59. The smallest absolute Gasteiger partial charge is 0.321 e. The van der Waals surface area contributed by atoms with Gasteiger partial charge in [-0.15, -0.1) is 6.42 Å². The number of carbonyl (C=O) groups excluding carboxylic acids is 1. The van der Waals surface area contributed by atoms with Crippen LogP contribution in [-0.2, 0) is 19.8 Å². The van der Waals surface area contributed by atoms with Gasteiger partial charge in [0.2, 0.25) is 0 Å². The summed E-state index contributed by atoms with van der Waals surface area (Å²) in [6, 6.07) is 12.1. The van der Waals surface area contributed by atoms with Crippen molar-refractivity contribution in [2.75, 3.05) is 18.5 Å². The number of benzene rings is 2. The molecule has 0 aliphatic rings. The van der Waals surface area contributed by atoms with Gasteiger partial charge >= 0.3 is 7.60 Å². The zero-order valence-corrected chi connectivity index (χ0v) is 17.7. The van der Waals surface area contributed by atoms with Gasteiger partial charge in [0.15, 0.2) is 0 Å². The van der Waals surface area contributed by atoms with Crippen LogP contribution in [0.1, 0.15) is 35.3 Å². The predicted octanol–water partition coefficient (Wildman–Crippen LogP) is 5.45. The first kappa shape index (κ1) is 21.4. The van der Waals surface area contributed by atoms with E-state index in [9.17, 15) is 9.36 Å². The highest BCUT2D eigenvalue weighted by molar-refractivity contribution is 9.10. The van der Waals surface area contributed by atoms with Crippen LogP contribution in [0.3, 0.4) is 0 Å². The molecule has 27 heavy (non-hydrogen) atoms. The molecule has 0 bridgehead atoms. The van der Waals surface area contributed by atoms with Crippen molar-refractivity contribution in [3.8, 4) is 12.3 Å². The summed E-state index contributed by atoms with van der Waals surface area (Å²) in [4.78, 5) is 12.5. The zero-order valence-electron chi connectivity index (χ0n) is 15.2. The fourth-order valence-electron chi connectivity index (χ4n) is 2.45. The average molecular weight is 450 g/mol. The van der Waals surface area contributed by atoms with Crippen LogP contribution in [0, 0.1) is 12.3 Å². The highest BCUT2D eigenvalue weighted by Crippen LogP contribution is 2.51. The van der Waals surface area contributed by atoms with E-state index in [0.717, 1.165) is 10.0 Å². The van der Waals surface area contributed by atoms with Crippen molar-refractivity contribution in [1.82, 2.24) is 0 Å². The minimum Gasteiger partial charge on any atom is -0.321 e. The summed E-state index contributed by atoms with van der Waals surface area (Å²) in [5.74, 6) is 2.27. The molecule has 0 saturated carbocycles. The van der Waals surface area contributed by atoms with Gasteiger partial charge < -0.3 is 14.4 Å². The number of halogens is 1. The molecule has 142 valence electrons. The summed E-state index contributed by atoms with van der Waals surface area (Å²) >= 11 is 3.35. The topological polar surface area (TPSA) is 64.6 Å². The molecule has 1 N–H and O–H groups in total. The van der Waals surface area contributed by atoms with Crippen molar-refractivity contribution in [1.29, 1.82) is 0 Å². The Balaban J connectivity index is 2.12. The second-order valence-corrected chi connectivity index (χ2v) is 8.56. The number of carbonyl (C=O) groups is 1. The number of rotatable bonds is 8. The van der Waals surface area contributed by atoms with Crippen LogP contribution in [-0.4, -0.2) is 19.1 Å². The highest BCUT2D eigenvalue weighted by Gasteiger charge is 2.24. The minimum absolute atomic E-state index is 0.157. The third-order valence-corrected chi connectivity index (χ3v) is 6.18. The van der Waals surface area contributed by atoms with E-state index in [2.05, 4.69) is 27.2 Å². The minimum atomic E-state index is -3.18. The Labute approximate surface area is 168 Å². The van der Waals surface area contributed by atoms with E-state index in [1.807, 2.05) is 0 Å². The lowest BCUT2D eigenvalue weighted by atomic mass is 10.1. The van der Waals surface area contributed by atoms with E-state index in [1.165, 1.54) is 0 Å². The first-order valence-corrected chi connectivity index (χ1v) is 11.0. The Morgan fingerprint density at radius 2 is 1.78 bits per heavy atom. The van der Waals surface area contributed by atoms with Gasteiger partial charge in [0, 0.05) is 15.6 Å². The quantitative estimate of drug-likeness (QED) is 0.429. The molecule has 2 aromatic rings. The van der Waals surface area contributed by atoms with Crippen molar-refractivity contribution in [3.05, 3.63) is 63.6 Å². The first-order chi connectivity index (χ1) is 12.9. The Hall–Kier alpha value is -1.90. The molecule has 0 aliphatic heterocycles. The van der Waals surface area contributed by atoms with Crippen LogP contribution >= 0.6 is 23.5 Å². The lowest BCUT2D eigenvalue weighted by Crippen LogP contribution is -2.13. The Kier molecular flexibility index (Phi) is 7.82. The zero-order chi connectivity index (χ0) is 19.9. The molecule has 5 nitrogen and oxygen atoms in total. The molecule has 2 rings (SSSR count). The molecule has 7 heteroatoms. The number of terminal acetylenes is 1. The summed E-state index contributed by atoms with van der Waals surface area (Å²) in [5, 5.41) is 2.81. The fourth-order valence-corrected chi connectivity index (χ4v) is 4.51. The maximum Gasteiger partial charge on any atom is 0.335 e. The lowest BCUT2D eigenvalue weighted by Gasteiger charge is -2.17. The summed E-state index contributed by atoms with van der Waals surface area (Å²) in [5.41, 5.74) is 2.38. The molecule has 0 aromatic heterocycles. The summed E-state index contributed by atoms with van der Waals surface area (Å²) in [6.45, 7) is 4.16. The number of amides is 1. The number of hydrogen-bond acceptors (Lipinski definition) is 4. The van der Waals surface area contributed by atoms with Crippen LogP contribution in [0.25, 0.3) is 0 Å². The number of hydrogen-bond donors (Lipinski definition) is 1. The highest BCUT2D eigenvalue weighted by atomic mass is 79.9. The Morgan fingerprint density at radius 1 is 1.15 bits per heavy atom. The molecule has 0 spiro atoms. The van der Waals surface area contributed by atoms with Gasteiger partial charge in [-0.05, 0) is 49.7 Å². The molecule has 0 radical (unpaired) electrons. The first-order valence-electron chi connectivity index (χ1n) is 8.45. The lowest BCUT2D eigenvalue weighted by molar-refractivity contribution is 0.102. The van der Waals surface area contributed by atoms with Crippen LogP contribution in [0.2, 0.25) is 0 Å². The standard InChI is InChI=1S/C20H21BrNO4P/c1-4-16-13-18(21)11-12-19(16)22-20(23)17-9-7-15(8-10-17)14-27(24,25-5-2)26-6-3/h1,7-13H,5-6,14H2,2-3H3,(H,22,23). The van der Waals surface area contributed by atoms with Crippen LogP contribution < -0.4 is 5.32 Å². The van der Waals surface area contributed by atoms with Crippen molar-refractivity contribution in [2.24, 2.45) is 0 Å². The number of anilines is 1. The van der Waals surface area contributed by atoms with Gasteiger partial charge in [0.1, 0.15) is 0 Å². The summed E-state index contributed by atoms with van der Waals surface area (Å²) in [7, 11) is -3.18. The number of nitrogens with one attached hydrogen (secondary N) is 1. The van der Waals surface area contributed by atoms with E-state index in [0.29, 0.717) is 30.0 Å². The molecule has 0 unspecified atom stereocenters. The summed E-state index contributed by atoms with van der Waals surface area (Å²) in [6.07, 6.45) is 5.65. The normalized spacial score (nSPS) is 11.0. The van der Waals surface area contributed by atoms with Crippen LogP contribution in [0.4, 0.5) is 5.69 Å². The average Bonchev–Trinajstić information content (AvgIpc) is 2.64. The van der Waals surface area contributed by atoms with Gasteiger partial charge in [-0.3, -0.25) is 9.36 Å². The molecular weight excluding hydrogens is 429 g/mol. The Morgan fingerprint density at radius 3 is 2.33 bits per heavy atom. The van der Waals surface area contributed by atoms with E-state index in [-0.39, 0.29) is 12.1 Å². The predicted molar refractivity (Wildman–Crippen MR) is 111 cm³/mol. The largest absolute Gasteiger partial charge is 0.335 e. The monoisotopic (exact) mass is 449 g/mol. The molecular formula is C20H21BrNO4P. The maximum absolute atomic E-state index is 12.6. The maximum atomic E-state index is 12.6. The van der Waals surface area contributed by atoms with Gasteiger partial charge in [0.25, 0.3) is 5.91 Å². The van der Waals surface area contributed by atoms with Crippen LogP contribution in [0.15, 0.2) is 46.9 Å². The van der Waals surface area contributed by atoms with Crippen molar-refractivity contribution in [2.45, 2.75) is 20.0 Å². The molecule has 2 aromatic carbocycles. The third kappa shape index (κ3) is 6.05. The van der Waals surface area contributed by atoms with Gasteiger partial charge in [0.05, 0.1) is 25.1 Å². The van der Waals surface area contributed by atoms with E-state index >= 15 is 0 Å². The van der Waals surface area contributed by atoms with E-state index in [1.54, 1.807) is 56.3 Å². The molecule has 0 saturated heterocycles. The van der Waals surface area contributed by atoms with Crippen molar-refractivity contribution in [3.63, 3.8) is 0 Å². The van der Waals surface area contributed by atoms with E-state index in [4.69, 9.17) is 15.5 Å². The third-order valence-electron chi connectivity index (χ3n) is 3.63. The van der Waals surface area contributed by atoms with Crippen molar-refractivity contribution >= 4 is 35.1 Å². The van der Waals surface area contributed by atoms with E-state index < -0.39 is 7.60 Å². The van der Waals surface area contributed by atoms with Gasteiger partial charge in [-0.25, -0.2) is 0 Å². The Bertz CT molecular complexity index is 880. The fraction of sp³-hybridized carbons (Fsp3) is 0.250. The van der Waals surface area contributed by atoms with Gasteiger partial charge in [-0.1, -0.05) is 34.0 Å². The molecule has 0 aliphatic carbocycles. The molecule has 0 fully saturated rings. The summed E-state index contributed by atoms with van der Waals surface area (Å²) < 4.78 is 24.0.